The number of rotatable bonds is 0. The monoisotopic (exact) mass is 113 g/mol. The van der Waals surface area contributed by atoms with Crippen molar-refractivity contribution in [1.29, 1.82) is 0 Å². The third-order valence-electron chi connectivity index (χ3n) is 0.955. The third kappa shape index (κ3) is 1.07. The lowest BCUT2D eigenvalue weighted by Gasteiger charge is -2.09. The van der Waals surface area contributed by atoms with E-state index in [1.807, 2.05) is 0 Å². The van der Waals surface area contributed by atoms with Crippen LogP contribution in [0.3, 0.4) is 0 Å². The zero-order valence-electron chi connectivity index (χ0n) is 4.29. The van der Waals surface area contributed by atoms with Gasteiger partial charge in [0.25, 0.3) is 0 Å². The Kier molecular flexibility index (Phi) is 1.30. The zero-order chi connectivity index (χ0) is 5.98. The van der Waals surface area contributed by atoms with Gasteiger partial charge in [-0.15, -0.1) is 0 Å². The van der Waals surface area contributed by atoms with Crippen molar-refractivity contribution in [1.82, 2.24) is 5.32 Å². The van der Waals surface area contributed by atoms with Crippen molar-refractivity contribution in [3.8, 4) is 0 Å². The molecule has 0 aromatic rings. The lowest BCUT2D eigenvalue weighted by atomic mass is 10.2. The molecule has 0 aliphatic carbocycles. The van der Waals surface area contributed by atoms with Crippen molar-refractivity contribution < 1.29 is 9.90 Å². The Hall–Kier alpha value is -0.830. The van der Waals surface area contributed by atoms with E-state index >= 15 is 0 Å². The van der Waals surface area contributed by atoms with Crippen LogP contribution in [0.15, 0.2) is 12.2 Å². The molecule has 1 heterocycles. The number of hydrogen-bond donors (Lipinski definition) is 2. The van der Waals surface area contributed by atoms with E-state index in [0.29, 0.717) is 6.54 Å². The van der Waals surface area contributed by atoms with Crippen LogP contribution in [0.25, 0.3) is 0 Å². The number of aliphatic hydroxyl groups is 1. The summed E-state index contributed by atoms with van der Waals surface area (Å²) < 4.78 is 0. The van der Waals surface area contributed by atoms with Crippen LogP contribution in [0.1, 0.15) is 0 Å². The molecule has 0 aromatic heterocycles. The molecule has 1 aliphatic heterocycles. The van der Waals surface area contributed by atoms with Gasteiger partial charge in [-0.05, 0) is 6.08 Å². The Morgan fingerprint density at radius 3 is 3.00 bits per heavy atom. The number of carbonyl (C=O) groups excluding carboxylic acids is 1. The summed E-state index contributed by atoms with van der Waals surface area (Å²) in [6.07, 6.45) is 2.31. The maximum absolute atomic E-state index is 10.3. The molecule has 0 aromatic carbocycles. The van der Waals surface area contributed by atoms with Crippen LogP contribution in [0.5, 0.6) is 0 Å². The van der Waals surface area contributed by atoms with E-state index in [4.69, 9.17) is 5.11 Å². The van der Waals surface area contributed by atoms with E-state index < -0.39 is 6.10 Å². The van der Waals surface area contributed by atoms with Gasteiger partial charge in [-0.1, -0.05) is 0 Å². The summed E-state index contributed by atoms with van der Waals surface area (Å²) >= 11 is 0. The predicted octanol–water partition coefficient (Wildman–Crippen LogP) is -0.967. The van der Waals surface area contributed by atoms with Crippen LogP contribution in [-0.4, -0.2) is 23.7 Å². The number of carbonyl (C=O) groups is 1. The maximum atomic E-state index is 10.3. The molecule has 3 nitrogen and oxygen atoms in total. The molecule has 0 radical (unpaired) electrons. The Labute approximate surface area is 47.0 Å². The van der Waals surface area contributed by atoms with E-state index in [0.717, 1.165) is 0 Å². The Balaban J connectivity index is 2.55. The first-order valence-electron chi connectivity index (χ1n) is 2.43. The van der Waals surface area contributed by atoms with Crippen molar-refractivity contribution in [3.63, 3.8) is 0 Å². The van der Waals surface area contributed by atoms with Gasteiger partial charge >= 0.3 is 0 Å². The molecule has 1 amide bonds. The molecule has 2 N–H and O–H groups in total. The second kappa shape index (κ2) is 1.96. The highest BCUT2D eigenvalue weighted by atomic mass is 16.3. The highest BCUT2D eigenvalue weighted by molar-refractivity contribution is 5.88. The zero-order valence-corrected chi connectivity index (χ0v) is 4.29. The summed E-state index contributed by atoms with van der Waals surface area (Å²) in [6, 6.07) is 0. The number of amides is 1. The van der Waals surface area contributed by atoms with Crippen molar-refractivity contribution in [3.05, 3.63) is 12.2 Å². The number of β-amino-alcohol motifs (C(OH)–C–C–N with tert-alkyl or cyclic N) is 1. The largest absolute Gasteiger partial charge is 0.387 e. The van der Waals surface area contributed by atoms with Gasteiger partial charge in [-0.2, -0.15) is 0 Å². The standard InChI is InChI=1S/C5H7NO2/c7-4-1-2-5(8)6-3-4/h1-2,4,7H,3H2,(H,6,8)/t4-/m1/s1. The summed E-state index contributed by atoms with van der Waals surface area (Å²) in [4.78, 5) is 10.3. The fourth-order valence-corrected chi connectivity index (χ4v) is 0.531. The van der Waals surface area contributed by atoms with Gasteiger partial charge < -0.3 is 10.4 Å². The van der Waals surface area contributed by atoms with Gasteiger partial charge in [0, 0.05) is 12.6 Å². The molecule has 0 saturated carbocycles. The molecule has 1 aliphatic rings. The molecule has 1 atom stereocenters. The van der Waals surface area contributed by atoms with E-state index in [2.05, 4.69) is 5.32 Å². The summed E-state index contributed by atoms with van der Waals surface area (Å²) in [5, 5.41) is 11.2. The van der Waals surface area contributed by atoms with Gasteiger partial charge in [-0.3, -0.25) is 4.79 Å². The second-order valence-corrected chi connectivity index (χ2v) is 1.67. The SMILES string of the molecule is O=C1C=C[C@@H](O)CN1. The molecule has 44 valence electrons. The van der Waals surface area contributed by atoms with Crippen LogP contribution in [0.4, 0.5) is 0 Å². The Morgan fingerprint density at radius 1 is 1.88 bits per heavy atom. The van der Waals surface area contributed by atoms with Crippen LogP contribution in [0.2, 0.25) is 0 Å². The minimum absolute atomic E-state index is 0.129. The van der Waals surface area contributed by atoms with Crippen molar-refractivity contribution in [2.45, 2.75) is 6.10 Å². The molecule has 0 unspecified atom stereocenters. The van der Waals surface area contributed by atoms with Crippen LogP contribution in [-0.2, 0) is 4.79 Å². The minimum atomic E-state index is -0.493. The molecule has 0 bridgehead atoms. The summed E-state index contributed by atoms with van der Waals surface area (Å²) in [5.74, 6) is -0.129. The lowest BCUT2D eigenvalue weighted by Crippen LogP contribution is -2.33. The van der Waals surface area contributed by atoms with Crippen LogP contribution in [0, 0.1) is 0 Å². The average molecular weight is 113 g/mol. The molecule has 0 spiro atoms. The Morgan fingerprint density at radius 2 is 2.62 bits per heavy atom. The molecule has 0 fully saturated rings. The first-order valence-corrected chi connectivity index (χ1v) is 2.43. The summed E-state index contributed by atoms with van der Waals surface area (Å²) in [5.41, 5.74) is 0. The smallest absolute Gasteiger partial charge is 0.243 e. The van der Waals surface area contributed by atoms with E-state index in [1.54, 1.807) is 0 Å². The Bertz CT molecular complexity index is 130. The molecular formula is C5H7NO2. The quantitative estimate of drug-likeness (QED) is 0.425. The first kappa shape index (κ1) is 5.31. The molecule has 8 heavy (non-hydrogen) atoms. The number of hydrogen-bond acceptors (Lipinski definition) is 2. The minimum Gasteiger partial charge on any atom is -0.387 e. The summed E-state index contributed by atoms with van der Waals surface area (Å²) in [7, 11) is 0. The molecular weight excluding hydrogens is 106 g/mol. The third-order valence-corrected chi connectivity index (χ3v) is 0.955. The van der Waals surface area contributed by atoms with Crippen molar-refractivity contribution in [2.75, 3.05) is 6.54 Å². The number of nitrogens with one attached hydrogen (secondary N) is 1. The highest BCUT2D eigenvalue weighted by Crippen LogP contribution is 1.89. The van der Waals surface area contributed by atoms with Crippen LogP contribution < -0.4 is 5.32 Å². The normalized spacial score (nSPS) is 27.6. The highest BCUT2D eigenvalue weighted by Gasteiger charge is 2.06. The molecule has 0 saturated heterocycles. The van der Waals surface area contributed by atoms with Gasteiger partial charge in [0.15, 0.2) is 0 Å². The van der Waals surface area contributed by atoms with Gasteiger partial charge in [0.05, 0.1) is 6.10 Å². The predicted molar refractivity (Wildman–Crippen MR) is 28.2 cm³/mol. The van der Waals surface area contributed by atoms with E-state index in [-0.39, 0.29) is 5.91 Å². The topological polar surface area (TPSA) is 49.3 Å². The van der Waals surface area contributed by atoms with Gasteiger partial charge in [0.1, 0.15) is 0 Å². The number of aliphatic hydroxyl groups excluding tert-OH is 1. The first-order chi connectivity index (χ1) is 3.79. The average Bonchev–Trinajstić information content (AvgIpc) is 1.77. The van der Waals surface area contributed by atoms with Crippen molar-refractivity contribution >= 4 is 5.91 Å². The van der Waals surface area contributed by atoms with E-state index in [9.17, 15) is 4.79 Å². The summed E-state index contributed by atoms with van der Waals surface area (Å²) in [6.45, 7) is 0.343. The lowest BCUT2D eigenvalue weighted by molar-refractivity contribution is -0.117. The fraction of sp³-hybridized carbons (Fsp3) is 0.400. The maximum Gasteiger partial charge on any atom is 0.243 e. The second-order valence-electron chi connectivity index (χ2n) is 1.67. The molecule has 1 rings (SSSR count). The van der Waals surface area contributed by atoms with E-state index in [1.165, 1.54) is 12.2 Å². The van der Waals surface area contributed by atoms with Crippen LogP contribution >= 0.6 is 0 Å². The van der Waals surface area contributed by atoms with Crippen molar-refractivity contribution in [2.24, 2.45) is 0 Å². The van der Waals surface area contributed by atoms with Gasteiger partial charge in [-0.25, -0.2) is 0 Å². The molecule has 3 heteroatoms. The fourth-order valence-electron chi connectivity index (χ4n) is 0.531. The van der Waals surface area contributed by atoms with Gasteiger partial charge in [0.2, 0.25) is 5.91 Å².